The van der Waals surface area contributed by atoms with Crippen molar-refractivity contribution in [3.05, 3.63) is 11.1 Å². The van der Waals surface area contributed by atoms with Crippen LogP contribution in [0, 0.1) is 0 Å². The summed E-state index contributed by atoms with van der Waals surface area (Å²) in [6, 6.07) is -1.55. The van der Waals surface area contributed by atoms with E-state index in [1.165, 1.54) is 27.2 Å². The zero-order chi connectivity index (χ0) is 22.5. The third-order valence-electron chi connectivity index (χ3n) is 3.90. The van der Waals surface area contributed by atoms with Crippen molar-refractivity contribution in [2.24, 2.45) is 5.16 Å². The number of carboxylic acids is 1. The molecular weight excluding hydrogens is 422 g/mol. The lowest BCUT2D eigenvalue weighted by Gasteiger charge is -2.36. The Kier molecular flexibility index (Phi) is 7.28. The molecule has 2 unspecified atom stereocenters. The number of carboxylic acid groups (broad SMARTS) is 1. The number of rotatable bonds is 10. The molecule has 30 heavy (non-hydrogen) atoms. The highest BCUT2D eigenvalue weighted by Crippen LogP contribution is 2.18. The van der Waals surface area contributed by atoms with Gasteiger partial charge in [0, 0.05) is 6.20 Å². The number of methoxy groups -OCH3 is 1. The van der Waals surface area contributed by atoms with E-state index in [0.29, 0.717) is 0 Å². The molecule has 2 heterocycles. The Labute approximate surface area is 174 Å². The number of nitrogens with zero attached hydrogens (tertiary/aromatic N) is 2. The number of hydrogen-bond donors (Lipinski definition) is 4. The second-order valence-electron chi connectivity index (χ2n) is 6.57. The number of nitrogens with two attached hydrogens (primary N) is 1. The van der Waals surface area contributed by atoms with Gasteiger partial charge in [0.1, 0.15) is 12.6 Å². The van der Waals surface area contributed by atoms with E-state index in [-0.39, 0.29) is 28.9 Å². The fraction of sp³-hybridized carbons (Fsp3) is 0.500. The standard InChI is InChI=1S/C16H21N5O8S/c1-16(2,14(25)26)29-21-11(8-4-18-15(17)30-8)13(24)20-10-7(19-12(10)23)5-28-6-9(22)27-3/h4,7,10H,5-6H2,1-3H3,(H2,17,18)(H,19,23)(H,20,24)(H,25,26)/b21-11-. The summed E-state index contributed by atoms with van der Waals surface area (Å²) in [7, 11) is 1.21. The predicted molar refractivity (Wildman–Crippen MR) is 103 cm³/mol. The van der Waals surface area contributed by atoms with Crippen molar-refractivity contribution in [1.29, 1.82) is 0 Å². The zero-order valence-electron chi connectivity index (χ0n) is 16.3. The molecule has 1 saturated heterocycles. The highest BCUT2D eigenvalue weighted by atomic mass is 32.1. The average molecular weight is 443 g/mol. The summed E-state index contributed by atoms with van der Waals surface area (Å²) >= 11 is 0.928. The van der Waals surface area contributed by atoms with E-state index < -0.39 is 41.4 Å². The molecule has 0 aliphatic carbocycles. The van der Waals surface area contributed by atoms with Gasteiger partial charge in [-0.3, -0.25) is 9.59 Å². The summed E-state index contributed by atoms with van der Waals surface area (Å²) in [6.45, 7) is 2.15. The normalized spacial score (nSPS) is 18.8. The van der Waals surface area contributed by atoms with Crippen molar-refractivity contribution < 1.29 is 38.6 Å². The largest absolute Gasteiger partial charge is 0.478 e. The van der Waals surface area contributed by atoms with Gasteiger partial charge in [-0.25, -0.2) is 14.6 Å². The summed E-state index contributed by atoms with van der Waals surface area (Å²) in [5.41, 5.74) is 3.58. The zero-order valence-corrected chi connectivity index (χ0v) is 17.1. The molecule has 0 spiro atoms. The van der Waals surface area contributed by atoms with Crippen LogP contribution in [0.3, 0.4) is 0 Å². The van der Waals surface area contributed by atoms with Gasteiger partial charge < -0.3 is 35.8 Å². The number of carbonyl (C=O) groups excluding carboxylic acids is 3. The second kappa shape index (κ2) is 9.49. The first kappa shape index (κ1) is 23.0. The molecule has 2 amide bonds. The van der Waals surface area contributed by atoms with Crippen molar-refractivity contribution in [3.63, 3.8) is 0 Å². The van der Waals surface area contributed by atoms with Crippen LogP contribution in [0.4, 0.5) is 5.13 Å². The molecule has 1 aliphatic rings. The first-order valence-electron chi connectivity index (χ1n) is 8.52. The van der Waals surface area contributed by atoms with Crippen LogP contribution in [0.15, 0.2) is 11.4 Å². The van der Waals surface area contributed by atoms with Crippen LogP contribution in [0.5, 0.6) is 0 Å². The first-order chi connectivity index (χ1) is 14.0. The molecule has 13 nitrogen and oxygen atoms in total. The molecule has 0 radical (unpaired) electrons. The number of oxime groups is 1. The number of nitrogen functional groups attached to an aromatic ring is 1. The van der Waals surface area contributed by atoms with Crippen LogP contribution in [0.2, 0.25) is 0 Å². The van der Waals surface area contributed by atoms with Crippen LogP contribution in [0.25, 0.3) is 0 Å². The van der Waals surface area contributed by atoms with Gasteiger partial charge in [0.05, 0.1) is 24.6 Å². The maximum absolute atomic E-state index is 12.7. The quantitative estimate of drug-likeness (QED) is 0.143. The van der Waals surface area contributed by atoms with Gasteiger partial charge in [0.15, 0.2) is 10.8 Å². The van der Waals surface area contributed by atoms with E-state index in [4.69, 9.17) is 20.4 Å². The molecule has 1 aromatic heterocycles. The highest BCUT2D eigenvalue weighted by Gasteiger charge is 2.41. The number of hydrogen-bond acceptors (Lipinski definition) is 11. The Morgan fingerprint density at radius 2 is 2.13 bits per heavy atom. The lowest BCUT2D eigenvalue weighted by Crippen LogP contribution is -2.71. The smallest absolute Gasteiger partial charge is 0.350 e. The Morgan fingerprint density at radius 3 is 2.67 bits per heavy atom. The minimum atomic E-state index is -1.71. The van der Waals surface area contributed by atoms with Gasteiger partial charge in [-0.1, -0.05) is 16.5 Å². The van der Waals surface area contributed by atoms with Crippen molar-refractivity contribution in [3.8, 4) is 0 Å². The Bertz CT molecular complexity index is 868. The third kappa shape index (κ3) is 5.64. The van der Waals surface area contributed by atoms with Crippen LogP contribution >= 0.6 is 11.3 Å². The average Bonchev–Trinajstić information content (AvgIpc) is 3.11. The van der Waals surface area contributed by atoms with E-state index in [2.05, 4.69) is 25.5 Å². The number of nitrogens with one attached hydrogen (secondary N) is 2. The molecule has 1 aliphatic heterocycles. The Balaban J connectivity index is 2.11. The topological polar surface area (TPSA) is 192 Å². The number of thiazole rings is 1. The fourth-order valence-electron chi connectivity index (χ4n) is 2.08. The Morgan fingerprint density at radius 1 is 1.43 bits per heavy atom. The van der Waals surface area contributed by atoms with Gasteiger partial charge in [0.25, 0.3) is 5.91 Å². The fourth-order valence-corrected chi connectivity index (χ4v) is 2.74. The number of amides is 2. The monoisotopic (exact) mass is 443 g/mol. The lowest BCUT2D eigenvalue weighted by atomic mass is 9.99. The molecule has 0 aromatic carbocycles. The minimum Gasteiger partial charge on any atom is -0.478 e. The molecule has 2 rings (SSSR count). The van der Waals surface area contributed by atoms with E-state index in [0.717, 1.165) is 11.3 Å². The van der Waals surface area contributed by atoms with Gasteiger partial charge in [-0.15, -0.1) is 0 Å². The summed E-state index contributed by atoms with van der Waals surface area (Å²) in [6.07, 6.45) is 1.27. The summed E-state index contributed by atoms with van der Waals surface area (Å²) in [5, 5.41) is 18.0. The molecule has 164 valence electrons. The van der Waals surface area contributed by atoms with Crippen LogP contribution in [-0.4, -0.2) is 77.6 Å². The molecule has 14 heteroatoms. The van der Waals surface area contributed by atoms with Gasteiger partial charge in [0.2, 0.25) is 11.5 Å². The van der Waals surface area contributed by atoms with Crippen molar-refractivity contribution >= 4 is 45.9 Å². The summed E-state index contributed by atoms with van der Waals surface area (Å²) in [5.74, 6) is -3.16. The van der Waals surface area contributed by atoms with Crippen LogP contribution in [0.1, 0.15) is 18.7 Å². The molecule has 1 fully saturated rings. The van der Waals surface area contributed by atoms with E-state index in [9.17, 15) is 19.2 Å². The number of β-lactam (4-membered cyclic amide) rings is 1. The number of aliphatic carboxylic acids is 1. The summed E-state index contributed by atoms with van der Waals surface area (Å²) in [4.78, 5) is 55.9. The highest BCUT2D eigenvalue weighted by molar-refractivity contribution is 7.18. The Hall–Kier alpha value is -3.26. The number of anilines is 1. The van der Waals surface area contributed by atoms with Crippen molar-refractivity contribution in [2.75, 3.05) is 26.1 Å². The molecule has 0 bridgehead atoms. The number of esters is 1. The molecular formula is C16H21N5O8S. The lowest BCUT2D eigenvalue weighted by molar-refractivity contribution is -0.161. The molecule has 1 aromatic rings. The van der Waals surface area contributed by atoms with Crippen LogP contribution in [-0.2, 0) is 33.5 Å². The van der Waals surface area contributed by atoms with Crippen molar-refractivity contribution in [1.82, 2.24) is 15.6 Å². The van der Waals surface area contributed by atoms with Gasteiger partial charge in [-0.05, 0) is 13.8 Å². The van der Waals surface area contributed by atoms with E-state index in [1.807, 2.05) is 0 Å². The van der Waals surface area contributed by atoms with E-state index in [1.54, 1.807) is 0 Å². The van der Waals surface area contributed by atoms with Gasteiger partial charge >= 0.3 is 11.9 Å². The minimum absolute atomic E-state index is 0.0473. The molecule has 2 atom stereocenters. The van der Waals surface area contributed by atoms with E-state index >= 15 is 0 Å². The maximum Gasteiger partial charge on any atom is 0.350 e. The second-order valence-corrected chi connectivity index (χ2v) is 7.63. The SMILES string of the molecule is COC(=O)COCC1NC(=O)C1NC(=O)/C(=N\OC(C)(C)C(=O)O)c1cnc(N)s1. The number of ether oxygens (including phenoxy) is 2. The maximum atomic E-state index is 12.7. The number of aromatic nitrogens is 1. The van der Waals surface area contributed by atoms with Gasteiger partial charge in [-0.2, -0.15) is 0 Å². The summed E-state index contributed by atoms with van der Waals surface area (Å²) < 4.78 is 9.57. The molecule has 0 saturated carbocycles. The number of carbonyl (C=O) groups is 4. The predicted octanol–water partition coefficient (Wildman–Crippen LogP) is -1.52. The van der Waals surface area contributed by atoms with Crippen LogP contribution < -0.4 is 16.4 Å². The first-order valence-corrected chi connectivity index (χ1v) is 9.34. The third-order valence-corrected chi connectivity index (χ3v) is 4.73. The molecule has 5 N–H and O–H groups in total. The van der Waals surface area contributed by atoms with Crippen molar-refractivity contribution in [2.45, 2.75) is 31.5 Å².